The molecule has 5 heteroatoms. The maximum absolute atomic E-state index is 11.4. The molecule has 1 aliphatic carbocycles. The van der Waals surface area contributed by atoms with Crippen LogP contribution in [0, 0.1) is 0 Å². The third-order valence-electron chi connectivity index (χ3n) is 2.15. The smallest absolute Gasteiger partial charge is 0.288 e. The topological polar surface area (TPSA) is 78.4 Å². The molecule has 0 aromatic heterocycles. The molecule has 0 aliphatic heterocycles. The Hall–Kier alpha value is -1.52. The van der Waals surface area contributed by atoms with Gasteiger partial charge in [-0.2, -0.15) is 0 Å². The lowest BCUT2D eigenvalue weighted by molar-refractivity contribution is -0.120. The van der Waals surface area contributed by atoms with Gasteiger partial charge < -0.3 is 15.7 Å². The summed E-state index contributed by atoms with van der Waals surface area (Å²) < 4.78 is 0. The lowest BCUT2D eigenvalue weighted by atomic mass is 10.2. The monoisotopic (exact) mass is 212 g/mol. The Morgan fingerprint density at radius 2 is 2.20 bits per heavy atom. The van der Waals surface area contributed by atoms with Gasteiger partial charge in [-0.1, -0.05) is 13.3 Å². The summed E-state index contributed by atoms with van der Waals surface area (Å²) in [5.41, 5.74) is 0.283. The number of rotatable bonds is 6. The van der Waals surface area contributed by atoms with E-state index in [1.54, 1.807) is 0 Å². The Balaban J connectivity index is 2.62. The van der Waals surface area contributed by atoms with Gasteiger partial charge in [-0.3, -0.25) is 9.59 Å². The third-order valence-corrected chi connectivity index (χ3v) is 2.15. The Kier molecular flexibility index (Phi) is 4.15. The number of aliphatic hydroxyl groups excluding tert-OH is 1. The molecule has 1 rings (SSSR count). The zero-order valence-electron chi connectivity index (χ0n) is 8.75. The summed E-state index contributed by atoms with van der Waals surface area (Å²) >= 11 is 0. The van der Waals surface area contributed by atoms with Crippen LogP contribution in [0.1, 0.15) is 32.6 Å². The van der Waals surface area contributed by atoms with Crippen molar-refractivity contribution in [3.8, 4) is 0 Å². The van der Waals surface area contributed by atoms with E-state index >= 15 is 0 Å². The normalized spacial score (nSPS) is 16.6. The highest BCUT2D eigenvalue weighted by molar-refractivity contribution is 5.92. The predicted octanol–water partition coefficient (Wildman–Crippen LogP) is 0.581. The molecule has 1 fully saturated rings. The largest absolute Gasteiger partial charge is 0.502 e. The number of nitrogens with one attached hydrogen (secondary N) is 2. The summed E-state index contributed by atoms with van der Waals surface area (Å²) in [4.78, 5) is 21.7. The molecule has 0 heterocycles. The van der Waals surface area contributed by atoms with Crippen LogP contribution in [0.3, 0.4) is 0 Å². The summed E-state index contributed by atoms with van der Waals surface area (Å²) in [6, 6.07) is 0.193. The fourth-order valence-corrected chi connectivity index (χ4v) is 1.20. The highest BCUT2D eigenvalue weighted by atomic mass is 16.3. The average Bonchev–Trinajstić information content (AvgIpc) is 3.00. The second-order valence-electron chi connectivity index (χ2n) is 3.59. The van der Waals surface area contributed by atoms with Gasteiger partial charge in [0.15, 0.2) is 0 Å². The van der Waals surface area contributed by atoms with Crippen LogP contribution in [0.2, 0.25) is 0 Å². The molecule has 3 N–H and O–H groups in total. The van der Waals surface area contributed by atoms with Crippen molar-refractivity contribution in [1.29, 1.82) is 0 Å². The molecule has 0 aromatic rings. The molecular weight excluding hydrogens is 196 g/mol. The Bertz CT molecular complexity index is 282. The van der Waals surface area contributed by atoms with Crippen molar-refractivity contribution >= 4 is 12.3 Å². The van der Waals surface area contributed by atoms with Crippen LogP contribution in [-0.2, 0) is 9.59 Å². The van der Waals surface area contributed by atoms with Crippen molar-refractivity contribution in [2.24, 2.45) is 0 Å². The maximum atomic E-state index is 11.4. The first-order valence-corrected chi connectivity index (χ1v) is 5.12. The predicted molar refractivity (Wildman–Crippen MR) is 54.9 cm³/mol. The summed E-state index contributed by atoms with van der Waals surface area (Å²) in [5.74, 6) is -0.883. The van der Waals surface area contributed by atoms with Gasteiger partial charge in [-0.05, 0) is 19.3 Å². The summed E-state index contributed by atoms with van der Waals surface area (Å²) in [5, 5.41) is 14.6. The maximum Gasteiger partial charge on any atom is 0.288 e. The van der Waals surface area contributed by atoms with Gasteiger partial charge in [0.2, 0.25) is 12.2 Å². The number of carbonyl (C=O) groups is 2. The van der Waals surface area contributed by atoms with E-state index in [9.17, 15) is 14.7 Å². The standard InChI is InChI=1S/C10H16N2O3/c1-2-3-8(11-6-13)9(14)10(15)12-7-4-5-7/h6-7,14H,2-5H2,1H3,(H,11,13)(H,12,15)/b9-8-. The Labute approximate surface area is 88.5 Å². The minimum Gasteiger partial charge on any atom is -0.502 e. The number of aliphatic hydroxyl groups is 1. The molecular formula is C10H16N2O3. The van der Waals surface area contributed by atoms with E-state index in [4.69, 9.17) is 0 Å². The van der Waals surface area contributed by atoms with Gasteiger partial charge in [-0.15, -0.1) is 0 Å². The van der Waals surface area contributed by atoms with Gasteiger partial charge in [0.05, 0.1) is 5.70 Å². The number of hydrogen-bond donors (Lipinski definition) is 3. The minimum absolute atomic E-state index is 0.193. The number of hydrogen-bond acceptors (Lipinski definition) is 3. The quantitative estimate of drug-likeness (QED) is 0.342. The first kappa shape index (κ1) is 11.6. The van der Waals surface area contributed by atoms with Crippen molar-refractivity contribution in [3.63, 3.8) is 0 Å². The number of allylic oxidation sites excluding steroid dienone is 1. The highest BCUT2D eigenvalue weighted by Gasteiger charge is 2.25. The highest BCUT2D eigenvalue weighted by Crippen LogP contribution is 2.19. The third kappa shape index (κ3) is 3.61. The van der Waals surface area contributed by atoms with Crippen molar-refractivity contribution in [2.75, 3.05) is 0 Å². The second kappa shape index (κ2) is 5.38. The van der Waals surface area contributed by atoms with Crippen LogP contribution >= 0.6 is 0 Å². The second-order valence-corrected chi connectivity index (χ2v) is 3.59. The lowest BCUT2D eigenvalue weighted by Crippen LogP contribution is -2.29. The molecule has 1 aliphatic rings. The first-order chi connectivity index (χ1) is 7.19. The van der Waals surface area contributed by atoms with Gasteiger partial charge in [0, 0.05) is 6.04 Å². The van der Waals surface area contributed by atoms with Gasteiger partial charge in [0.1, 0.15) is 0 Å². The van der Waals surface area contributed by atoms with Crippen molar-refractivity contribution in [1.82, 2.24) is 10.6 Å². The number of amides is 2. The molecule has 0 unspecified atom stereocenters. The molecule has 0 atom stereocenters. The number of carbonyl (C=O) groups excluding carboxylic acids is 2. The average molecular weight is 212 g/mol. The SMILES string of the molecule is CCC/C(NC=O)=C(/O)C(=O)NC1CC1. The van der Waals surface area contributed by atoms with E-state index in [-0.39, 0.29) is 17.5 Å². The van der Waals surface area contributed by atoms with Crippen LogP contribution in [-0.4, -0.2) is 23.5 Å². The zero-order valence-corrected chi connectivity index (χ0v) is 8.75. The van der Waals surface area contributed by atoms with E-state index in [1.165, 1.54) is 0 Å². The fourth-order valence-electron chi connectivity index (χ4n) is 1.20. The van der Waals surface area contributed by atoms with Crippen LogP contribution in [0.4, 0.5) is 0 Å². The zero-order chi connectivity index (χ0) is 11.3. The van der Waals surface area contributed by atoms with E-state index in [1.807, 2.05) is 6.92 Å². The van der Waals surface area contributed by atoms with Crippen LogP contribution < -0.4 is 10.6 Å². The molecule has 0 aromatic carbocycles. The van der Waals surface area contributed by atoms with E-state index < -0.39 is 5.91 Å². The summed E-state index contributed by atoms with van der Waals surface area (Å²) in [6.45, 7) is 1.90. The summed E-state index contributed by atoms with van der Waals surface area (Å²) in [6.07, 6.45) is 3.61. The molecule has 0 saturated heterocycles. The molecule has 15 heavy (non-hydrogen) atoms. The van der Waals surface area contributed by atoms with E-state index in [0.717, 1.165) is 19.3 Å². The molecule has 5 nitrogen and oxygen atoms in total. The lowest BCUT2D eigenvalue weighted by Gasteiger charge is -2.08. The molecule has 0 spiro atoms. The molecule has 84 valence electrons. The Morgan fingerprint density at radius 3 is 2.67 bits per heavy atom. The molecule has 0 bridgehead atoms. The van der Waals surface area contributed by atoms with Crippen molar-refractivity contribution in [3.05, 3.63) is 11.5 Å². The minimum atomic E-state index is -0.504. The van der Waals surface area contributed by atoms with Crippen LogP contribution in [0.5, 0.6) is 0 Å². The molecule has 1 saturated carbocycles. The summed E-state index contributed by atoms with van der Waals surface area (Å²) in [7, 11) is 0. The Morgan fingerprint density at radius 1 is 1.53 bits per heavy atom. The molecule has 0 radical (unpaired) electrons. The van der Waals surface area contributed by atoms with Crippen LogP contribution in [0.25, 0.3) is 0 Å². The van der Waals surface area contributed by atoms with Gasteiger partial charge >= 0.3 is 0 Å². The van der Waals surface area contributed by atoms with Crippen molar-refractivity contribution < 1.29 is 14.7 Å². The first-order valence-electron chi connectivity index (χ1n) is 5.12. The fraction of sp³-hybridized carbons (Fsp3) is 0.600. The van der Waals surface area contributed by atoms with Gasteiger partial charge in [0.25, 0.3) is 5.91 Å². The van der Waals surface area contributed by atoms with E-state index in [2.05, 4.69) is 10.6 Å². The van der Waals surface area contributed by atoms with Gasteiger partial charge in [-0.25, -0.2) is 0 Å². The van der Waals surface area contributed by atoms with Crippen molar-refractivity contribution in [2.45, 2.75) is 38.6 Å². The van der Waals surface area contributed by atoms with E-state index in [0.29, 0.717) is 12.8 Å². The molecule has 2 amide bonds. The van der Waals surface area contributed by atoms with Crippen LogP contribution in [0.15, 0.2) is 11.5 Å².